The fourth-order valence-electron chi connectivity index (χ4n) is 2.16. The van der Waals surface area contributed by atoms with Crippen LogP contribution in [0.4, 0.5) is 14.5 Å². The van der Waals surface area contributed by atoms with Crippen LogP contribution in [0.15, 0.2) is 46.0 Å². The number of halogens is 4. The van der Waals surface area contributed by atoms with Crippen molar-refractivity contribution in [2.24, 2.45) is 5.16 Å². The summed E-state index contributed by atoms with van der Waals surface area (Å²) < 4.78 is 40.5. The van der Waals surface area contributed by atoms with Gasteiger partial charge in [-0.25, -0.2) is 0 Å². The Bertz CT molecular complexity index is 890. The number of rotatable bonds is 7. The summed E-state index contributed by atoms with van der Waals surface area (Å²) in [6.07, 6.45) is 1.41. The molecule has 1 aliphatic heterocycles. The second-order valence-corrected chi connectivity index (χ2v) is 6.65. The van der Waals surface area contributed by atoms with Crippen LogP contribution in [-0.2, 0) is 9.63 Å². The Hall–Kier alpha value is -2.59. The van der Waals surface area contributed by atoms with E-state index in [0.717, 1.165) is 4.47 Å². The molecule has 1 aliphatic rings. The molecule has 11 heteroatoms. The molecule has 1 N–H and O–H groups in total. The highest BCUT2D eigenvalue weighted by Gasteiger charge is 2.27. The highest BCUT2D eigenvalue weighted by molar-refractivity contribution is 9.10. The smallest absolute Gasteiger partial charge is 0.454 e. The van der Waals surface area contributed by atoms with Crippen LogP contribution in [0.1, 0.15) is 5.56 Å². The molecule has 0 saturated heterocycles. The minimum Gasteiger partial charge on any atom is -0.454 e. The van der Waals surface area contributed by atoms with Crippen molar-refractivity contribution in [3.8, 4) is 17.2 Å². The van der Waals surface area contributed by atoms with Gasteiger partial charge in [0.15, 0.2) is 18.1 Å². The lowest BCUT2D eigenvalue weighted by Crippen LogP contribution is -2.17. The third-order valence-electron chi connectivity index (χ3n) is 3.33. The molecule has 0 aliphatic carbocycles. The fraction of sp³-hybridized carbons (Fsp3) is 0.176. The first-order chi connectivity index (χ1) is 13.3. The van der Waals surface area contributed by atoms with Gasteiger partial charge in [-0.05, 0) is 52.3 Å². The van der Waals surface area contributed by atoms with Crippen molar-refractivity contribution in [3.63, 3.8) is 0 Å². The topological polar surface area (TPSA) is 78.4 Å². The zero-order valence-electron chi connectivity index (χ0n) is 14.0. The molecule has 1 heterocycles. The highest BCUT2D eigenvalue weighted by atomic mass is 79.9. The van der Waals surface area contributed by atoms with Gasteiger partial charge in [0.1, 0.15) is 5.75 Å². The van der Waals surface area contributed by atoms with Crippen molar-refractivity contribution in [3.05, 3.63) is 46.4 Å². The van der Waals surface area contributed by atoms with E-state index >= 15 is 0 Å². The minimum atomic E-state index is -3.80. The van der Waals surface area contributed by atoms with E-state index in [0.29, 0.717) is 22.7 Å². The molecule has 0 radical (unpaired) electrons. The molecule has 2 aromatic rings. The number of carbonyl (C=O) groups is 1. The van der Waals surface area contributed by atoms with Crippen LogP contribution in [0.25, 0.3) is 0 Å². The van der Waals surface area contributed by atoms with Gasteiger partial charge in [-0.1, -0.05) is 5.16 Å². The molecule has 0 fully saturated rings. The van der Waals surface area contributed by atoms with Gasteiger partial charge in [0.2, 0.25) is 6.79 Å². The predicted octanol–water partition coefficient (Wildman–Crippen LogP) is 4.33. The molecule has 3 rings (SSSR count). The van der Waals surface area contributed by atoms with Crippen LogP contribution in [0, 0.1) is 0 Å². The van der Waals surface area contributed by atoms with Crippen LogP contribution in [0.3, 0.4) is 0 Å². The van der Waals surface area contributed by atoms with Crippen LogP contribution in [-0.4, -0.2) is 31.1 Å². The number of alkyl halides is 3. The van der Waals surface area contributed by atoms with Gasteiger partial charge in [-0.2, -0.15) is 0 Å². The van der Waals surface area contributed by atoms with Crippen molar-refractivity contribution in [1.82, 2.24) is 0 Å². The number of anilines is 1. The molecule has 7 nitrogen and oxygen atoms in total. The molecule has 0 spiro atoms. The standard InChI is InChI=1S/C17H12BrClF2N2O5/c18-13-6-15-14(25-9-26-15)5-10(13)7-22-27-8-16(24)23-11-1-3-12(4-2-11)28-17(19,20)21/h1-7H,8-9H2,(H,23,24)/b22-7+. The molecule has 2 aromatic carbocycles. The number of fused-ring (bicyclic) bond motifs is 1. The third kappa shape index (κ3) is 5.70. The first-order valence-electron chi connectivity index (χ1n) is 7.70. The number of amides is 1. The lowest BCUT2D eigenvalue weighted by atomic mass is 10.2. The second-order valence-electron chi connectivity index (χ2n) is 5.36. The molecule has 148 valence electrons. The molecule has 0 saturated carbocycles. The van der Waals surface area contributed by atoms with E-state index in [1.165, 1.54) is 30.5 Å². The predicted molar refractivity (Wildman–Crippen MR) is 100 cm³/mol. The lowest BCUT2D eigenvalue weighted by Gasteiger charge is -2.11. The van der Waals surface area contributed by atoms with Crippen LogP contribution in [0.5, 0.6) is 17.2 Å². The molecule has 1 amide bonds. The molecule has 0 atom stereocenters. The van der Waals surface area contributed by atoms with E-state index in [1.54, 1.807) is 12.1 Å². The van der Waals surface area contributed by atoms with E-state index in [-0.39, 0.29) is 19.1 Å². The number of nitrogens with zero attached hydrogens (tertiary/aromatic N) is 1. The maximum atomic E-state index is 12.5. The number of hydrogen-bond acceptors (Lipinski definition) is 6. The van der Waals surface area contributed by atoms with Crippen molar-refractivity contribution in [2.75, 3.05) is 18.7 Å². The van der Waals surface area contributed by atoms with Crippen LogP contribution in [0.2, 0.25) is 0 Å². The number of ether oxygens (including phenoxy) is 3. The molecular weight excluding hydrogens is 466 g/mol. The maximum absolute atomic E-state index is 12.5. The van der Waals surface area contributed by atoms with Gasteiger partial charge in [0, 0.05) is 27.3 Å². The normalized spacial score (nSPS) is 12.9. The van der Waals surface area contributed by atoms with Gasteiger partial charge >= 0.3 is 5.57 Å². The van der Waals surface area contributed by atoms with Crippen LogP contribution >= 0.6 is 27.5 Å². The van der Waals surface area contributed by atoms with E-state index in [2.05, 4.69) is 42.7 Å². The minimum absolute atomic E-state index is 0.145. The summed E-state index contributed by atoms with van der Waals surface area (Å²) in [5.41, 5.74) is -2.76. The highest BCUT2D eigenvalue weighted by Crippen LogP contribution is 2.36. The Balaban J connectivity index is 1.48. The molecule has 0 unspecified atom stereocenters. The SMILES string of the molecule is O=C(CO/N=C/c1cc2c(cc1Br)OCO2)Nc1ccc(OC(F)(F)Cl)cc1. The van der Waals surface area contributed by atoms with E-state index in [9.17, 15) is 13.6 Å². The van der Waals surface area contributed by atoms with Crippen molar-refractivity contribution >= 4 is 45.3 Å². The van der Waals surface area contributed by atoms with Gasteiger partial charge in [0.25, 0.3) is 5.91 Å². The molecule has 28 heavy (non-hydrogen) atoms. The summed E-state index contributed by atoms with van der Waals surface area (Å²) in [7, 11) is 0. The van der Waals surface area contributed by atoms with Crippen LogP contribution < -0.4 is 19.5 Å². The number of carbonyl (C=O) groups excluding carboxylic acids is 1. The van der Waals surface area contributed by atoms with Gasteiger partial charge in [0.05, 0.1) is 6.21 Å². The van der Waals surface area contributed by atoms with Crippen molar-refractivity contribution < 1.29 is 32.6 Å². The molecular formula is C17H12BrClF2N2O5. The Morgan fingerprint density at radius 3 is 2.64 bits per heavy atom. The van der Waals surface area contributed by atoms with Crippen molar-refractivity contribution in [2.45, 2.75) is 5.57 Å². The monoisotopic (exact) mass is 476 g/mol. The van der Waals surface area contributed by atoms with Crippen molar-refractivity contribution in [1.29, 1.82) is 0 Å². The fourth-order valence-corrected chi connectivity index (χ4v) is 2.67. The number of hydrogen-bond donors (Lipinski definition) is 1. The number of benzene rings is 2. The lowest BCUT2D eigenvalue weighted by molar-refractivity contribution is -0.120. The Morgan fingerprint density at radius 2 is 1.96 bits per heavy atom. The largest absolute Gasteiger partial charge is 0.487 e. The third-order valence-corrected chi connectivity index (χ3v) is 4.09. The van der Waals surface area contributed by atoms with Gasteiger partial charge in [-0.15, -0.1) is 8.78 Å². The average molecular weight is 478 g/mol. The second kappa shape index (κ2) is 8.61. The number of nitrogens with one attached hydrogen (secondary N) is 1. The first-order valence-corrected chi connectivity index (χ1v) is 8.87. The average Bonchev–Trinajstić information content (AvgIpc) is 3.06. The summed E-state index contributed by atoms with van der Waals surface area (Å²) in [6, 6.07) is 8.69. The number of oxime groups is 1. The summed E-state index contributed by atoms with van der Waals surface area (Å²) in [4.78, 5) is 16.8. The Labute approximate surface area is 171 Å². The summed E-state index contributed by atoms with van der Waals surface area (Å²) in [6.45, 7) is -0.197. The van der Waals surface area contributed by atoms with Gasteiger partial charge in [-0.3, -0.25) is 4.79 Å². The molecule has 0 bridgehead atoms. The Morgan fingerprint density at radius 1 is 1.29 bits per heavy atom. The summed E-state index contributed by atoms with van der Waals surface area (Å²) in [5.74, 6) is 0.573. The summed E-state index contributed by atoms with van der Waals surface area (Å²) in [5, 5.41) is 6.25. The van der Waals surface area contributed by atoms with E-state index in [4.69, 9.17) is 14.3 Å². The zero-order chi connectivity index (χ0) is 20.1. The molecule has 0 aromatic heterocycles. The Kier molecular flexibility index (Phi) is 6.20. The van der Waals surface area contributed by atoms with E-state index in [1.807, 2.05) is 0 Å². The quantitative estimate of drug-likeness (QED) is 0.365. The van der Waals surface area contributed by atoms with Gasteiger partial charge < -0.3 is 24.4 Å². The zero-order valence-corrected chi connectivity index (χ0v) is 16.3. The van der Waals surface area contributed by atoms with E-state index < -0.39 is 11.5 Å². The maximum Gasteiger partial charge on any atom is 0.487 e. The summed E-state index contributed by atoms with van der Waals surface area (Å²) >= 11 is 8.05. The first kappa shape index (κ1) is 20.2.